The summed E-state index contributed by atoms with van der Waals surface area (Å²) in [6.07, 6.45) is 3.99. The maximum Gasteiger partial charge on any atom is 0.0838 e. The van der Waals surface area contributed by atoms with Gasteiger partial charge in [-0.05, 0) is 19.3 Å². The first kappa shape index (κ1) is 6.28. The second kappa shape index (κ2) is 2.63. The van der Waals surface area contributed by atoms with Gasteiger partial charge in [0, 0.05) is 5.71 Å². The van der Waals surface area contributed by atoms with Crippen LogP contribution in [-0.4, -0.2) is 5.71 Å². The van der Waals surface area contributed by atoms with Gasteiger partial charge in [-0.2, -0.15) is 5.26 Å². The summed E-state index contributed by atoms with van der Waals surface area (Å²) in [5.74, 6) is -0.0567. The van der Waals surface area contributed by atoms with Gasteiger partial charge in [0.25, 0.3) is 0 Å². The van der Waals surface area contributed by atoms with Crippen molar-refractivity contribution >= 4 is 5.71 Å². The molecule has 48 valence electrons. The molecule has 9 heavy (non-hydrogen) atoms. The van der Waals surface area contributed by atoms with Crippen LogP contribution in [0.15, 0.2) is 0 Å². The van der Waals surface area contributed by atoms with Crippen LogP contribution in [0.5, 0.6) is 0 Å². The first-order chi connectivity index (χ1) is 4.34. The summed E-state index contributed by atoms with van der Waals surface area (Å²) >= 11 is 0. The summed E-state index contributed by atoms with van der Waals surface area (Å²) in [4.78, 5) is 0. The van der Waals surface area contributed by atoms with E-state index in [1.54, 1.807) is 0 Å². The summed E-state index contributed by atoms with van der Waals surface area (Å²) in [5, 5.41) is 15.8. The fraction of sp³-hybridized carbons (Fsp3) is 0.714. The lowest BCUT2D eigenvalue weighted by molar-refractivity contribution is 0.598. The Morgan fingerprint density at radius 3 is 2.78 bits per heavy atom. The summed E-state index contributed by atoms with van der Waals surface area (Å²) in [6, 6.07) is 2.13. The molecule has 0 amide bonds. The zero-order valence-electron chi connectivity index (χ0n) is 5.35. The number of nitrogens with zero attached hydrogens (tertiary/aromatic N) is 1. The fourth-order valence-electron chi connectivity index (χ4n) is 1.15. The summed E-state index contributed by atoms with van der Waals surface area (Å²) in [5.41, 5.74) is 0.642. The lowest BCUT2D eigenvalue weighted by Crippen LogP contribution is -2.15. The molecule has 1 fully saturated rings. The average Bonchev–Trinajstić information content (AvgIpc) is 1.89. The summed E-state index contributed by atoms with van der Waals surface area (Å²) in [6.45, 7) is 0. The number of rotatable bonds is 0. The summed E-state index contributed by atoms with van der Waals surface area (Å²) < 4.78 is 0. The minimum absolute atomic E-state index is 0.0567. The zero-order valence-corrected chi connectivity index (χ0v) is 5.35. The lowest BCUT2D eigenvalue weighted by atomic mass is 9.89. The van der Waals surface area contributed by atoms with Gasteiger partial charge in [-0.15, -0.1) is 0 Å². The van der Waals surface area contributed by atoms with E-state index in [1.165, 1.54) is 0 Å². The van der Waals surface area contributed by atoms with Crippen molar-refractivity contribution in [1.82, 2.24) is 0 Å². The van der Waals surface area contributed by atoms with Crippen LogP contribution in [0.25, 0.3) is 0 Å². The Hall–Kier alpha value is -0.840. The van der Waals surface area contributed by atoms with E-state index in [-0.39, 0.29) is 5.92 Å². The van der Waals surface area contributed by atoms with E-state index in [2.05, 4.69) is 6.07 Å². The molecule has 0 unspecified atom stereocenters. The van der Waals surface area contributed by atoms with Crippen molar-refractivity contribution in [2.45, 2.75) is 25.7 Å². The molecule has 0 aromatic rings. The Labute approximate surface area is 55.0 Å². The van der Waals surface area contributed by atoms with E-state index in [9.17, 15) is 0 Å². The minimum Gasteiger partial charge on any atom is -0.308 e. The van der Waals surface area contributed by atoms with Crippen LogP contribution in [-0.2, 0) is 0 Å². The lowest BCUT2D eigenvalue weighted by Gasteiger charge is -2.15. The zero-order chi connectivity index (χ0) is 6.69. The van der Waals surface area contributed by atoms with Gasteiger partial charge in [-0.3, -0.25) is 0 Å². The van der Waals surface area contributed by atoms with E-state index >= 15 is 0 Å². The molecule has 2 heteroatoms. The van der Waals surface area contributed by atoms with Gasteiger partial charge in [0.1, 0.15) is 0 Å². The molecular weight excluding hydrogens is 112 g/mol. The molecule has 0 aromatic heterocycles. The van der Waals surface area contributed by atoms with E-state index in [1.807, 2.05) is 0 Å². The monoisotopic (exact) mass is 122 g/mol. The topological polar surface area (TPSA) is 47.6 Å². The predicted molar refractivity (Wildman–Crippen MR) is 35.3 cm³/mol. The van der Waals surface area contributed by atoms with Gasteiger partial charge in [0.15, 0.2) is 0 Å². The second-order valence-corrected chi connectivity index (χ2v) is 2.45. The predicted octanol–water partition coefficient (Wildman–Crippen LogP) is 1.72. The quantitative estimate of drug-likeness (QED) is 0.522. The Kier molecular flexibility index (Phi) is 1.84. The van der Waals surface area contributed by atoms with Crippen molar-refractivity contribution in [3.05, 3.63) is 0 Å². The highest BCUT2D eigenvalue weighted by Crippen LogP contribution is 2.19. The van der Waals surface area contributed by atoms with Gasteiger partial charge in [-0.25, -0.2) is 0 Å². The largest absolute Gasteiger partial charge is 0.308 e. The molecule has 2 nitrogen and oxygen atoms in total. The van der Waals surface area contributed by atoms with Gasteiger partial charge < -0.3 is 5.41 Å². The van der Waals surface area contributed by atoms with Crippen molar-refractivity contribution < 1.29 is 0 Å². The first-order valence-electron chi connectivity index (χ1n) is 3.31. The standard InChI is InChI=1S/C7H10N2/c8-5-6-3-1-2-4-7(6)9/h6,9H,1-4H2/t6-/m0/s1. The molecule has 1 N–H and O–H groups in total. The molecule has 1 rings (SSSR count). The Morgan fingerprint density at radius 1 is 1.56 bits per heavy atom. The number of hydrogen-bond acceptors (Lipinski definition) is 2. The molecule has 1 aliphatic carbocycles. The van der Waals surface area contributed by atoms with Crippen LogP contribution in [0.3, 0.4) is 0 Å². The average molecular weight is 122 g/mol. The normalized spacial score (nSPS) is 27.4. The Bertz CT molecular complexity index is 155. The Morgan fingerprint density at radius 2 is 2.33 bits per heavy atom. The third-order valence-corrected chi connectivity index (χ3v) is 1.77. The third-order valence-electron chi connectivity index (χ3n) is 1.77. The van der Waals surface area contributed by atoms with E-state index in [4.69, 9.17) is 10.7 Å². The van der Waals surface area contributed by atoms with Crippen LogP contribution in [0.1, 0.15) is 25.7 Å². The fourth-order valence-corrected chi connectivity index (χ4v) is 1.15. The van der Waals surface area contributed by atoms with Crippen molar-refractivity contribution in [3.8, 4) is 6.07 Å². The van der Waals surface area contributed by atoms with Gasteiger partial charge in [-0.1, -0.05) is 6.42 Å². The third kappa shape index (κ3) is 1.29. The molecule has 0 aliphatic heterocycles. The number of nitrogens with one attached hydrogen (secondary N) is 1. The molecule has 0 spiro atoms. The van der Waals surface area contributed by atoms with Crippen LogP contribution >= 0.6 is 0 Å². The van der Waals surface area contributed by atoms with E-state index in [0.29, 0.717) is 5.71 Å². The van der Waals surface area contributed by atoms with Gasteiger partial charge in [0.2, 0.25) is 0 Å². The highest BCUT2D eigenvalue weighted by Gasteiger charge is 2.17. The molecule has 0 saturated heterocycles. The van der Waals surface area contributed by atoms with Gasteiger partial charge in [0.05, 0.1) is 12.0 Å². The highest BCUT2D eigenvalue weighted by atomic mass is 14.5. The van der Waals surface area contributed by atoms with Crippen LogP contribution in [0.2, 0.25) is 0 Å². The van der Waals surface area contributed by atoms with E-state index in [0.717, 1.165) is 25.7 Å². The summed E-state index contributed by atoms with van der Waals surface area (Å²) in [7, 11) is 0. The smallest absolute Gasteiger partial charge is 0.0838 e. The Balaban J connectivity index is 2.51. The molecule has 0 bridgehead atoms. The molecule has 0 heterocycles. The van der Waals surface area contributed by atoms with Crippen molar-refractivity contribution in [2.24, 2.45) is 5.92 Å². The van der Waals surface area contributed by atoms with Crippen molar-refractivity contribution in [1.29, 1.82) is 10.7 Å². The van der Waals surface area contributed by atoms with Crippen molar-refractivity contribution in [2.75, 3.05) is 0 Å². The molecule has 1 saturated carbocycles. The SMILES string of the molecule is N#C[C@@H]1CCCCC1=N. The first-order valence-corrected chi connectivity index (χ1v) is 3.31. The van der Waals surface area contributed by atoms with Crippen LogP contribution in [0, 0.1) is 22.7 Å². The van der Waals surface area contributed by atoms with Crippen LogP contribution in [0.4, 0.5) is 0 Å². The molecule has 0 radical (unpaired) electrons. The maximum atomic E-state index is 8.47. The molecule has 0 aromatic carbocycles. The minimum atomic E-state index is -0.0567. The maximum absolute atomic E-state index is 8.47. The molecular formula is C7H10N2. The van der Waals surface area contributed by atoms with Crippen LogP contribution < -0.4 is 0 Å². The van der Waals surface area contributed by atoms with Crippen molar-refractivity contribution in [3.63, 3.8) is 0 Å². The van der Waals surface area contributed by atoms with E-state index < -0.39 is 0 Å². The second-order valence-electron chi connectivity index (χ2n) is 2.45. The number of nitriles is 1. The van der Waals surface area contributed by atoms with Gasteiger partial charge >= 0.3 is 0 Å². The molecule has 1 atom stereocenters. The number of hydrogen-bond donors (Lipinski definition) is 1. The molecule has 1 aliphatic rings. The highest BCUT2D eigenvalue weighted by molar-refractivity contribution is 5.86.